The molecule has 1 amide bonds. The van der Waals surface area contributed by atoms with Gasteiger partial charge < -0.3 is 15.2 Å². The first kappa shape index (κ1) is 12.7. The highest BCUT2D eigenvalue weighted by molar-refractivity contribution is 9.10. The maximum Gasteiger partial charge on any atom is 0.224 e. The number of benzene rings is 1. The fourth-order valence-electron chi connectivity index (χ4n) is 1.17. The number of carbonyl (C=O) groups excluding carboxylic acids is 2. The summed E-state index contributed by atoms with van der Waals surface area (Å²) in [4.78, 5) is 21.5. The highest BCUT2D eigenvalue weighted by Crippen LogP contribution is 2.21. The minimum atomic E-state index is -1.13. The van der Waals surface area contributed by atoms with Crippen molar-refractivity contribution in [3.63, 3.8) is 0 Å². The van der Waals surface area contributed by atoms with Crippen LogP contribution in [0.2, 0.25) is 0 Å². The molecule has 1 rings (SSSR count). The maximum atomic E-state index is 11.4. The van der Waals surface area contributed by atoms with Crippen molar-refractivity contribution in [2.24, 2.45) is 0 Å². The normalized spacial score (nSPS) is 9.81. The molecule has 16 heavy (non-hydrogen) atoms. The van der Waals surface area contributed by atoms with Crippen LogP contribution in [-0.4, -0.2) is 11.9 Å². The zero-order chi connectivity index (χ0) is 12.0. The van der Waals surface area contributed by atoms with E-state index < -0.39 is 5.97 Å². The zero-order valence-corrected chi connectivity index (χ0v) is 10.1. The molecule has 0 fully saturated rings. The monoisotopic (exact) mass is 284 g/mol. The summed E-state index contributed by atoms with van der Waals surface area (Å²) in [5, 5.41) is 12.8. The summed E-state index contributed by atoms with van der Waals surface area (Å²) in [6.45, 7) is 0. The Morgan fingerprint density at radius 3 is 2.56 bits per heavy atom. The first-order valence-electron chi connectivity index (χ1n) is 4.84. The van der Waals surface area contributed by atoms with E-state index in [0.717, 1.165) is 4.47 Å². The molecule has 86 valence electrons. The van der Waals surface area contributed by atoms with Crippen LogP contribution in [0.15, 0.2) is 28.7 Å². The van der Waals surface area contributed by atoms with Crippen molar-refractivity contribution in [3.05, 3.63) is 28.7 Å². The molecule has 0 aliphatic rings. The van der Waals surface area contributed by atoms with Gasteiger partial charge in [-0.1, -0.05) is 12.1 Å². The number of nitrogens with one attached hydrogen (secondary N) is 1. The number of hydrogen-bond acceptors (Lipinski definition) is 3. The summed E-state index contributed by atoms with van der Waals surface area (Å²) < 4.78 is 0.795. The Morgan fingerprint density at radius 2 is 1.94 bits per heavy atom. The lowest BCUT2D eigenvalue weighted by Crippen LogP contribution is -2.22. The first-order valence-corrected chi connectivity index (χ1v) is 5.63. The van der Waals surface area contributed by atoms with Gasteiger partial charge in [-0.15, -0.1) is 0 Å². The largest absolute Gasteiger partial charge is 0.550 e. The summed E-state index contributed by atoms with van der Waals surface area (Å²) in [6, 6.07) is 7.23. The van der Waals surface area contributed by atoms with Crippen LogP contribution in [0.3, 0.4) is 0 Å². The number of carboxylic acid groups (broad SMARTS) is 1. The molecule has 1 aromatic carbocycles. The molecule has 5 heteroatoms. The van der Waals surface area contributed by atoms with Gasteiger partial charge in [0.2, 0.25) is 5.91 Å². The van der Waals surface area contributed by atoms with Crippen molar-refractivity contribution in [1.82, 2.24) is 0 Å². The molecule has 0 bridgehead atoms. The van der Waals surface area contributed by atoms with Crippen LogP contribution in [0.25, 0.3) is 0 Å². The smallest absolute Gasteiger partial charge is 0.224 e. The van der Waals surface area contributed by atoms with E-state index in [-0.39, 0.29) is 18.7 Å². The SMILES string of the molecule is O=C([O-])CCCC(=O)Nc1ccccc1Br. The van der Waals surface area contributed by atoms with E-state index in [0.29, 0.717) is 12.1 Å². The summed E-state index contributed by atoms with van der Waals surface area (Å²) in [6.07, 6.45) is 0.372. The quantitative estimate of drug-likeness (QED) is 0.886. The van der Waals surface area contributed by atoms with Crippen LogP contribution in [0, 0.1) is 0 Å². The predicted molar refractivity (Wildman–Crippen MR) is 61.6 cm³/mol. The summed E-state index contributed by atoms with van der Waals surface area (Å²) in [5.74, 6) is -1.33. The summed E-state index contributed by atoms with van der Waals surface area (Å²) in [7, 11) is 0. The standard InChI is InChI=1S/C11H12BrNO3/c12-8-4-1-2-5-9(8)13-10(14)6-3-7-11(15)16/h1-2,4-5H,3,6-7H2,(H,13,14)(H,15,16)/p-1. The van der Waals surface area contributed by atoms with Crippen molar-refractivity contribution in [3.8, 4) is 0 Å². The molecule has 0 aliphatic heterocycles. The number of aliphatic carboxylic acids is 1. The van der Waals surface area contributed by atoms with Gasteiger partial charge in [-0.05, 0) is 40.9 Å². The third-order valence-electron chi connectivity index (χ3n) is 1.93. The second-order valence-corrected chi connectivity index (χ2v) is 4.11. The van der Waals surface area contributed by atoms with Gasteiger partial charge in [-0.2, -0.15) is 0 Å². The molecule has 0 saturated heterocycles. The van der Waals surface area contributed by atoms with E-state index in [1.807, 2.05) is 18.2 Å². The fraction of sp³-hybridized carbons (Fsp3) is 0.273. The Kier molecular flexibility index (Phi) is 4.98. The number of hydrogen-bond donors (Lipinski definition) is 1. The molecule has 1 N–H and O–H groups in total. The number of carbonyl (C=O) groups is 2. The first-order chi connectivity index (χ1) is 7.59. The van der Waals surface area contributed by atoms with Gasteiger partial charge in [-0.3, -0.25) is 4.79 Å². The Labute approximate surface area is 102 Å². The third-order valence-corrected chi connectivity index (χ3v) is 2.62. The molecule has 4 nitrogen and oxygen atoms in total. The van der Waals surface area contributed by atoms with Crippen LogP contribution in [-0.2, 0) is 9.59 Å². The number of anilines is 1. The van der Waals surface area contributed by atoms with Crippen LogP contribution in [0.4, 0.5) is 5.69 Å². The summed E-state index contributed by atoms with van der Waals surface area (Å²) >= 11 is 3.30. The molecule has 0 unspecified atom stereocenters. The van der Waals surface area contributed by atoms with Crippen LogP contribution >= 0.6 is 15.9 Å². The van der Waals surface area contributed by atoms with E-state index in [1.54, 1.807) is 6.07 Å². The van der Waals surface area contributed by atoms with Crippen molar-refractivity contribution in [2.75, 3.05) is 5.32 Å². The number of carboxylic acids is 1. The molecule has 0 saturated carbocycles. The van der Waals surface area contributed by atoms with Crippen LogP contribution < -0.4 is 10.4 Å². The molecule has 0 spiro atoms. The van der Waals surface area contributed by atoms with Gasteiger partial charge in [0.1, 0.15) is 0 Å². The average molecular weight is 285 g/mol. The molecule has 0 aliphatic carbocycles. The average Bonchev–Trinajstić information content (AvgIpc) is 2.21. The van der Waals surface area contributed by atoms with Gasteiger partial charge in [0.15, 0.2) is 0 Å². The highest BCUT2D eigenvalue weighted by atomic mass is 79.9. The molecule has 0 atom stereocenters. The lowest BCUT2D eigenvalue weighted by Gasteiger charge is -2.07. The maximum absolute atomic E-state index is 11.4. The Hall–Kier alpha value is -1.36. The van der Waals surface area contributed by atoms with Crippen molar-refractivity contribution < 1.29 is 14.7 Å². The van der Waals surface area contributed by atoms with Crippen molar-refractivity contribution in [1.29, 1.82) is 0 Å². The van der Waals surface area contributed by atoms with Gasteiger partial charge in [0.05, 0.1) is 5.69 Å². The molecule has 1 aromatic rings. The van der Waals surface area contributed by atoms with Crippen LogP contribution in [0.1, 0.15) is 19.3 Å². The number of rotatable bonds is 5. The van der Waals surface area contributed by atoms with Crippen molar-refractivity contribution >= 4 is 33.5 Å². The van der Waals surface area contributed by atoms with Gasteiger partial charge in [0, 0.05) is 16.9 Å². The molecular formula is C11H11BrNO3-. The van der Waals surface area contributed by atoms with E-state index in [2.05, 4.69) is 21.2 Å². The minimum absolute atomic E-state index is 0.0939. The van der Waals surface area contributed by atoms with E-state index >= 15 is 0 Å². The zero-order valence-electron chi connectivity index (χ0n) is 8.53. The minimum Gasteiger partial charge on any atom is -0.550 e. The fourth-order valence-corrected chi connectivity index (χ4v) is 1.55. The number of halogens is 1. The van der Waals surface area contributed by atoms with Crippen molar-refractivity contribution in [2.45, 2.75) is 19.3 Å². The molecule has 0 radical (unpaired) electrons. The molecule has 0 aromatic heterocycles. The Bertz CT molecular complexity index is 393. The molecular weight excluding hydrogens is 274 g/mol. The topological polar surface area (TPSA) is 69.2 Å². The van der Waals surface area contributed by atoms with Gasteiger partial charge in [0.25, 0.3) is 0 Å². The number of amides is 1. The second kappa shape index (κ2) is 6.27. The Morgan fingerprint density at radius 1 is 1.25 bits per heavy atom. The molecule has 0 heterocycles. The third kappa shape index (κ3) is 4.44. The van der Waals surface area contributed by atoms with Crippen LogP contribution in [0.5, 0.6) is 0 Å². The van der Waals surface area contributed by atoms with Gasteiger partial charge >= 0.3 is 0 Å². The summed E-state index contributed by atoms with van der Waals surface area (Å²) in [5.41, 5.74) is 0.681. The number of para-hydroxylation sites is 1. The van der Waals surface area contributed by atoms with Gasteiger partial charge in [-0.25, -0.2) is 0 Å². The van der Waals surface area contributed by atoms with E-state index in [9.17, 15) is 14.7 Å². The lowest BCUT2D eigenvalue weighted by molar-refractivity contribution is -0.305. The Balaban J connectivity index is 2.40. The predicted octanol–water partition coefficient (Wildman–Crippen LogP) is 1.31. The highest BCUT2D eigenvalue weighted by Gasteiger charge is 2.04. The second-order valence-electron chi connectivity index (χ2n) is 3.25. The van der Waals surface area contributed by atoms with E-state index in [1.165, 1.54) is 0 Å². The van der Waals surface area contributed by atoms with E-state index in [4.69, 9.17) is 0 Å². The lowest BCUT2D eigenvalue weighted by atomic mass is 10.2.